The van der Waals surface area contributed by atoms with E-state index < -0.39 is 0 Å². The quantitative estimate of drug-likeness (QED) is 0.695. The normalized spacial score (nSPS) is 11.3. The molecule has 0 radical (unpaired) electrons. The van der Waals surface area contributed by atoms with Crippen LogP contribution in [0.1, 0.15) is 25.3 Å². The van der Waals surface area contributed by atoms with Gasteiger partial charge in [-0.1, -0.05) is 19.9 Å². The highest BCUT2D eigenvalue weighted by molar-refractivity contribution is 5.76. The van der Waals surface area contributed by atoms with E-state index in [1.807, 2.05) is 18.2 Å². The van der Waals surface area contributed by atoms with Crippen LogP contribution >= 0.6 is 0 Å². The highest BCUT2D eigenvalue weighted by atomic mass is 19.1. The lowest BCUT2D eigenvalue weighted by Crippen LogP contribution is -1.94. The van der Waals surface area contributed by atoms with Gasteiger partial charge < -0.3 is 9.15 Å². The molecule has 3 nitrogen and oxygen atoms in total. The monoisotopic (exact) mass is 285 g/mol. The van der Waals surface area contributed by atoms with Crippen LogP contribution in [0.15, 0.2) is 40.8 Å². The lowest BCUT2D eigenvalue weighted by Gasteiger charge is -2.12. The van der Waals surface area contributed by atoms with E-state index >= 15 is 0 Å². The highest BCUT2D eigenvalue weighted by Gasteiger charge is 2.13. The maximum Gasteiger partial charge on any atom is 0.227 e. The van der Waals surface area contributed by atoms with Gasteiger partial charge in [0.25, 0.3) is 0 Å². The zero-order valence-electron chi connectivity index (χ0n) is 12.2. The second kappa shape index (κ2) is 5.20. The molecule has 108 valence electrons. The predicted octanol–water partition coefficient (Wildman–Crippen LogP) is 4.77. The predicted molar refractivity (Wildman–Crippen MR) is 80.0 cm³/mol. The fourth-order valence-electron chi connectivity index (χ4n) is 2.35. The van der Waals surface area contributed by atoms with Gasteiger partial charge in [-0.3, -0.25) is 0 Å². The number of methoxy groups -OCH3 is 1. The summed E-state index contributed by atoms with van der Waals surface area (Å²) >= 11 is 0. The molecule has 21 heavy (non-hydrogen) atoms. The summed E-state index contributed by atoms with van der Waals surface area (Å²) in [6.07, 6.45) is 0. The minimum atomic E-state index is -0.324. The minimum absolute atomic E-state index is 0.324. The maximum atomic E-state index is 13.2. The summed E-state index contributed by atoms with van der Waals surface area (Å²) in [7, 11) is 1.65. The van der Waals surface area contributed by atoms with E-state index in [2.05, 4.69) is 18.8 Å². The van der Waals surface area contributed by atoms with Crippen molar-refractivity contribution in [2.45, 2.75) is 19.8 Å². The van der Waals surface area contributed by atoms with E-state index in [4.69, 9.17) is 9.15 Å². The molecular weight excluding hydrogens is 269 g/mol. The third-order valence-electron chi connectivity index (χ3n) is 3.45. The second-order valence-electron chi connectivity index (χ2n) is 5.24. The fourth-order valence-corrected chi connectivity index (χ4v) is 2.35. The van der Waals surface area contributed by atoms with Crippen molar-refractivity contribution < 1.29 is 13.5 Å². The van der Waals surface area contributed by atoms with Crippen LogP contribution in [0.5, 0.6) is 5.75 Å². The Kier molecular flexibility index (Phi) is 3.37. The second-order valence-corrected chi connectivity index (χ2v) is 5.24. The van der Waals surface area contributed by atoms with E-state index in [0.717, 1.165) is 16.9 Å². The van der Waals surface area contributed by atoms with Crippen molar-refractivity contribution in [2.75, 3.05) is 7.11 Å². The number of oxazole rings is 1. The number of fused-ring (bicyclic) bond motifs is 1. The first-order valence-electron chi connectivity index (χ1n) is 6.83. The van der Waals surface area contributed by atoms with Crippen LogP contribution < -0.4 is 4.74 Å². The molecule has 0 amide bonds. The molecule has 0 fully saturated rings. The molecule has 0 bridgehead atoms. The van der Waals surface area contributed by atoms with Gasteiger partial charge in [0.2, 0.25) is 5.89 Å². The third kappa shape index (κ3) is 2.49. The first-order chi connectivity index (χ1) is 10.1. The Morgan fingerprint density at radius 3 is 2.67 bits per heavy atom. The van der Waals surface area contributed by atoms with Crippen LogP contribution in [0.4, 0.5) is 4.39 Å². The Morgan fingerprint density at radius 2 is 1.95 bits per heavy atom. The summed E-state index contributed by atoms with van der Waals surface area (Å²) in [5.41, 5.74) is 3.02. The summed E-state index contributed by atoms with van der Waals surface area (Å²) in [6, 6.07) is 10.2. The molecule has 1 heterocycles. The van der Waals surface area contributed by atoms with Crippen LogP contribution in [-0.2, 0) is 0 Å². The number of aromatic nitrogens is 1. The van der Waals surface area contributed by atoms with Gasteiger partial charge in [0.05, 0.1) is 7.11 Å². The summed E-state index contributed by atoms with van der Waals surface area (Å²) in [5.74, 6) is 1.31. The van der Waals surface area contributed by atoms with Gasteiger partial charge in [-0.2, -0.15) is 0 Å². The molecule has 3 aromatic rings. The largest absolute Gasteiger partial charge is 0.496 e. The van der Waals surface area contributed by atoms with Crippen molar-refractivity contribution in [1.29, 1.82) is 0 Å². The van der Waals surface area contributed by atoms with Gasteiger partial charge in [-0.25, -0.2) is 9.37 Å². The average molecular weight is 285 g/mol. The summed E-state index contributed by atoms with van der Waals surface area (Å²) < 4.78 is 24.3. The summed E-state index contributed by atoms with van der Waals surface area (Å²) in [5, 5.41) is 0. The van der Waals surface area contributed by atoms with Crippen molar-refractivity contribution in [2.24, 2.45) is 0 Å². The SMILES string of the molecule is COc1cc(-c2nc3cc(F)ccc3o2)ccc1C(C)C. The zero-order chi connectivity index (χ0) is 15.0. The van der Waals surface area contributed by atoms with Crippen molar-refractivity contribution in [1.82, 2.24) is 4.98 Å². The topological polar surface area (TPSA) is 35.3 Å². The Hall–Kier alpha value is -2.36. The van der Waals surface area contributed by atoms with Crippen LogP contribution in [0.25, 0.3) is 22.6 Å². The van der Waals surface area contributed by atoms with E-state index in [0.29, 0.717) is 22.9 Å². The lowest BCUT2D eigenvalue weighted by atomic mass is 10.0. The summed E-state index contributed by atoms with van der Waals surface area (Å²) in [4.78, 5) is 4.33. The van der Waals surface area contributed by atoms with Crippen molar-refractivity contribution in [3.05, 3.63) is 47.8 Å². The van der Waals surface area contributed by atoms with E-state index in [1.165, 1.54) is 12.1 Å². The Labute approximate surface area is 122 Å². The molecule has 0 aliphatic heterocycles. The van der Waals surface area contributed by atoms with Gasteiger partial charge in [0.15, 0.2) is 5.58 Å². The first-order valence-corrected chi connectivity index (χ1v) is 6.83. The van der Waals surface area contributed by atoms with Gasteiger partial charge >= 0.3 is 0 Å². The van der Waals surface area contributed by atoms with Crippen LogP contribution in [-0.4, -0.2) is 12.1 Å². The van der Waals surface area contributed by atoms with Crippen molar-refractivity contribution in [3.63, 3.8) is 0 Å². The molecule has 4 heteroatoms. The molecule has 0 atom stereocenters. The molecule has 0 spiro atoms. The van der Waals surface area contributed by atoms with Gasteiger partial charge in [0.1, 0.15) is 17.1 Å². The van der Waals surface area contributed by atoms with E-state index in [-0.39, 0.29) is 5.82 Å². The molecule has 3 rings (SSSR count). The maximum absolute atomic E-state index is 13.2. The minimum Gasteiger partial charge on any atom is -0.496 e. The smallest absolute Gasteiger partial charge is 0.227 e. The van der Waals surface area contributed by atoms with Crippen LogP contribution in [0.3, 0.4) is 0 Å². The number of hydrogen-bond acceptors (Lipinski definition) is 3. The van der Waals surface area contributed by atoms with Crippen molar-refractivity contribution >= 4 is 11.1 Å². The first kappa shape index (κ1) is 13.6. The van der Waals surface area contributed by atoms with Gasteiger partial charge in [-0.05, 0) is 35.7 Å². The molecule has 0 aliphatic carbocycles. The highest BCUT2D eigenvalue weighted by Crippen LogP contribution is 2.32. The molecule has 0 N–H and O–H groups in total. The number of ether oxygens (including phenoxy) is 1. The molecular formula is C17H16FNO2. The number of rotatable bonds is 3. The standard InChI is InChI=1S/C17H16FNO2/c1-10(2)13-6-4-11(8-16(13)20-3)17-19-14-9-12(18)5-7-15(14)21-17/h4-10H,1-3H3. The number of benzene rings is 2. The number of hydrogen-bond donors (Lipinski definition) is 0. The van der Waals surface area contributed by atoms with E-state index in [9.17, 15) is 4.39 Å². The Bertz CT molecular complexity index is 793. The summed E-state index contributed by atoms with van der Waals surface area (Å²) in [6.45, 7) is 4.22. The lowest BCUT2D eigenvalue weighted by molar-refractivity contribution is 0.407. The average Bonchev–Trinajstić information content (AvgIpc) is 2.89. The molecule has 0 aliphatic rings. The van der Waals surface area contributed by atoms with Gasteiger partial charge in [-0.15, -0.1) is 0 Å². The number of nitrogens with zero attached hydrogens (tertiary/aromatic N) is 1. The Balaban J connectivity index is 2.09. The third-order valence-corrected chi connectivity index (χ3v) is 3.45. The Morgan fingerprint density at radius 1 is 1.14 bits per heavy atom. The van der Waals surface area contributed by atoms with E-state index in [1.54, 1.807) is 13.2 Å². The van der Waals surface area contributed by atoms with Crippen molar-refractivity contribution in [3.8, 4) is 17.2 Å². The van der Waals surface area contributed by atoms with Crippen LogP contribution in [0, 0.1) is 5.82 Å². The zero-order valence-corrected chi connectivity index (χ0v) is 12.2. The van der Waals surface area contributed by atoms with Crippen LogP contribution in [0.2, 0.25) is 0 Å². The molecule has 0 saturated heterocycles. The molecule has 0 unspecified atom stereocenters. The molecule has 2 aromatic carbocycles. The van der Waals surface area contributed by atoms with Gasteiger partial charge in [0, 0.05) is 11.6 Å². The fraction of sp³-hybridized carbons (Fsp3) is 0.235. The number of halogens is 1. The molecule has 1 aromatic heterocycles. The molecule has 0 saturated carbocycles.